The number of methoxy groups -OCH3 is 1. The van der Waals surface area contributed by atoms with Gasteiger partial charge in [-0.25, -0.2) is 0 Å². The van der Waals surface area contributed by atoms with Gasteiger partial charge >= 0.3 is 0 Å². The van der Waals surface area contributed by atoms with Crippen molar-refractivity contribution in [2.24, 2.45) is 5.16 Å². The van der Waals surface area contributed by atoms with E-state index in [2.05, 4.69) is 23.9 Å². The molecule has 6 heteroatoms. The van der Waals surface area contributed by atoms with Crippen molar-refractivity contribution in [3.05, 3.63) is 71.8 Å². The van der Waals surface area contributed by atoms with Crippen molar-refractivity contribution in [2.45, 2.75) is 58.9 Å². The van der Waals surface area contributed by atoms with E-state index in [1.165, 1.54) is 25.7 Å². The minimum Gasteiger partial charge on any atom is -0.497 e. The molecule has 1 amide bonds. The molecule has 2 aromatic carbocycles. The summed E-state index contributed by atoms with van der Waals surface area (Å²) in [5, 5.41) is 4.28. The third kappa shape index (κ3) is 7.44. The van der Waals surface area contributed by atoms with Gasteiger partial charge in [-0.05, 0) is 75.2 Å². The quantitative estimate of drug-likeness (QED) is 0.0952. The third-order valence-electron chi connectivity index (χ3n) is 6.42. The van der Waals surface area contributed by atoms with E-state index in [0.717, 1.165) is 43.1 Å². The molecule has 0 saturated carbocycles. The van der Waals surface area contributed by atoms with E-state index in [0.29, 0.717) is 17.9 Å². The Labute approximate surface area is 216 Å². The number of oxime groups is 1. The minimum absolute atomic E-state index is 0.0222. The molecule has 0 spiro atoms. The molecule has 0 bridgehead atoms. The first-order valence-electron chi connectivity index (χ1n) is 13.2. The van der Waals surface area contributed by atoms with Gasteiger partial charge in [0.15, 0.2) is 0 Å². The lowest BCUT2D eigenvalue weighted by Gasteiger charge is -2.43. The molecule has 36 heavy (non-hydrogen) atoms. The highest BCUT2D eigenvalue weighted by molar-refractivity contribution is 6.18. The number of carbonyl (C=O) groups is 1. The van der Waals surface area contributed by atoms with Crippen LogP contribution in [0, 0.1) is 0 Å². The molecule has 0 aromatic heterocycles. The van der Waals surface area contributed by atoms with Crippen LogP contribution < -0.4 is 9.64 Å². The van der Waals surface area contributed by atoms with Crippen LogP contribution >= 0.6 is 0 Å². The van der Waals surface area contributed by atoms with Gasteiger partial charge < -0.3 is 14.5 Å². The average molecular weight is 492 g/mol. The van der Waals surface area contributed by atoms with Crippen molar-refractivity contribution in [1.29, 1.82) is 0 Å². The van der Waals surface area contributed by atoms with E-state index < -0.39 is 0 Å². The first kappa shape index (κ1) is 27.5. The van der Waals surface area contributed by atoms with Gasteiger partial charge in [-0.1, -0.05) is 62.2 Å². The van der Waals surface area contributed by atoms with Crippen molar-refractivity contribution in [3.8, 4) is 5.75 Å². The summed E-state index contributed by atoms with van der Waals surface area (Å²) in [6, 6.07) is 17.5. The Morgan fingerprint density at radius 2 is 1.61 bits per heavy atom. The first-order chi connectivity index (χ1) is 17.6. The zero-order valence-electron chi connectivity index (χ0n) is 22.3. The normalized spacial score (nSPS) is 17.0. The number of allylic oxidation sites excluding steroid dienone is 1. The highest BCUT2D eigenvalue weighted by Gasteiger charge is 2.43. The van der Waals surface area contributed by atoms with Gasteiger partial charge in [0.1, 0.15) is 12.4 Å². The fourth-order valence-electron chi connectivity index (χ4n) is 4.41. The van der Waals surface area contributed by atoms with Gasteiger partial charge in [-0.15, -0.1) is 0 Å². The number of β-lactam (4-membered cyclic amide) rings is 1. The monoisotopic (exact) mass is 491 g/mol. The molecule has 0 N–H and O–H groups in total. The number of hydrogen-bond acceptors (Lipinski definition) is 5. The zero-order valence-corrected chi connectivity index (χ0v) is 22.3. The molecule has 1 saturated heterocycles. The Kier molecular flexibility index (Phi) is 11.0. The van der Waals surface area contributed by atoms with Gasteiger partial charge in [0, 0.05) is 17.8 Å². The van der Waals surface area contributed by atoms with Crippen LogP contribution in [-0.2, 0) is 9.63 Å². The molecule has 1 atom stereocenters. The van der Waals surface area contributed by atoms with Crippen molar-refractivity contribution in [2.75, 3.05) is 38.3 Å². The third-order valence-corrected chi connectivity index (χ3v) is 6.42. The van der Waals surface area contributed by atoms with Crippen LogP contribution in [0.1, 0.15) is 64.5 Å². The summed E-state index contributed by atoms with van der Waals surface area (Å²) in [5.41, 5.74) is 3.31. The van der Waals surface area contributed by atoms with Crippen molar-refractivity contribution < 1.29 is 14.4 Å². The molecule has 1 fully saturated rings. The van der Waals surface area contributed by atoms with E-state index in [1.807, 2.05) is 72.5 Å². The van der Waals surface area contributed by atoms with Crippen molar-refractivity contribution >= 4 is 17.3 Å². The first-order valence-corrected chi connectivity index (χ1v) is 13.2. The molecule has 0 radical (unpaired) electrons. The standard InChI is InChI=1S/C30H41N3O3/c1-5-7-19-32(20-8-6-2)21-12-22-36-31-24(3)23-28-29(25-13-10-9-11-14-25)33(30(28)34)26-15-17-27(35-4)18-16-26/h9-11,13-18,23,29H,5-8,12,19-22H2,1-4H3/b28-23+,31-24+. The Balaban J connectivity index is 1.63. The lowest BCUT2D eigenvalue weighted by Crippen LogP contribution is -2.49. The number of nitrogens with zero attached hydrogens (tertiary/aromatic N) is 3. The van der Waals surface area contributed by atoms with Gasteiger partial charge in [-0.2, -0.15) is 0 Å². The number of ether oxygens (including phenoxy) is 1. The summed E-state index contributed by atoms with van der Waals surface area (Å²) in [5.74, 6) is 0.740. The topological polar surface area (TPSA) is 54.4 Å². The number of amides is 1. The van der Waals surface area contributed by atoms with E-state index in [9.17, 15) is 4.79 Å². The predicted molar refractivity (Wildman–Crippen MR) is 148 cm³/mol. The van der Waals surface area contributed by atoms with Crippen LogP contribution in [0.5, 0.6) is 5.75 Å². The Hall–Kier alpha value is -3.12. The smallest absolute Gasteiger partial charge is 0.257 e. The van der Waals surface area contributed by atoms with Gasteiger partial charge in [0.2, 0.25) is 0 Å². The second-order valence-electron chi connectivity index (χ2n) is 9.25. The maximum absolute atomic E-state index is 13.2. The van der Waals surface area contributed by atoms with Gasteiger partial charge in [0.05, 0.1) is 18.9 Å². The summed E-state index contributed by atoms with van der Waals surface area (Å²) < 4.78 is 5.27. The molecule has 194 valence electrons. The zero-order chi connectivity index (χ0) is 25.8. The number of carbonyl (C=O) groups excluding carboxylic acids is 1. The molecule has 1 unspecified atom stereocenters. The van der Waals surface area contributed by atoms with Crippen molar-refractivity contribution in [3.63, 3.8) is 0 Å². The number of benzene rings is 2. The molecule has 1 aliphatic heterocycles. The summed E-state index contributed by atoms with van der Waals surface area (Å²) >= 11 is 0. The molecule has 3 rings (SSSR count). The highest BCUT2D eigenvalue weighted by atomic mass is 16.6. The fraction of sp³-hybridized carbons (Fsp3) is 0.467. The lowest BCUT2D eigenvalue weighted by molar-refractivity contribution is -0.119. The SMILES string of the molecule is CCCCN(CCCC)CCCO/N=C(C)/C=C1/C(=O)N(c2ccc(OC)cc2)C1c1ccccc1. The summed E-state index contributed by atoms with van der Waals surface area (Å²) in [6.45, 7) is 10.3. The second kappa shape index (κ2) is 14.4. The van der Waals surface area contributed by atoms with E-state index in [1.54, 1.807) is 7.11 Å². The van der Waals surface area contributed by atoms with E-state index in [-0.39, 0.29) is 11.9 Å². The molecule has 1 aliphatic rings. The molecular weight excluding hydrogens is 450 g/mol. The average Bonchev–Trinajstić information content (AvgIpc) is 2.91. The van der Waals surface area contributed by atoms with E-state index >= 15 is 0 Å². The maximum atomic E-state index is 13.2. The molecule has 6 nitrogen and oxygen atoms in total. The molecule has 0 aliphatic carbocycles. The Bertz CT molecular complexity index is 994. The van der Waals surface area contributed by atoms with Crippen LogP contribution in [0.25, 0.3) is 0 Å². The van der Waals surface area contributed by atoms with Crippen LogP contribution in [0.4, 0.5) is 5.69 Å². The largest absolute Gasteiger partial charge is 0.497 e. The number of rotatable bonds is 15. The van der Waals surface area contributed by atoms with Crippen LogP contribution in [0.3, 0.4) is 0 Å². The molecule has 1 heterocycles. The van der Waals surface area contributed by atoms with Gasteiger partial charge in [-0.3, -0.25) is 9.69 Å². The van der Waals surface area contributed by atoms with Gasteiger partial charge in [0.25, 0.3) is 5.91 Å². The fourth-order valence-corrected chi connectivity index (χ4v) is 4.41. The lowest BCUT2D eigenvalue weighted by atomic mass is 9.86. The summed E-state index contributed by atoms with van der Waals surface area (Å²) in [4.78, 5) is 23.1. The van der Waals surface area contributed by atoms with Crippen LogP contribution in [0.15, 0.2) is 71.4 Å². The number of hydrogen-bond donors (Lipinski definition) is 0. The number of unbranched alkanes of at least 4 members (excludes halogenated alkanes) is 2. The maximum Gasteiger partial charge on any atom is 0.257 e. The number of anilines is 1. The summed E-state index contributed by atoms with van der Waals surface area (Å²) in [6.07, 6.45) is 7.71. The molecule has 2 aromatic rings. The predicted octanol–water partition coefficient (Wildman–Crippen LogP) is 6.39. The van der Waals surface area contributed by atoms with Crippen molar-refractivity contribution in [1.82, 2.24) is 4.90 Å². The summed E-state index contributed by atoms with van der Waals surface area (Å²) in [7, 11) is 1.64. The molecular formula is C30H41N3O3. The Morgan fingerprint density at radius 1 is 0.972 bits per heavy atom. The minimum atomic E-state index is -0.164. The Morgan fingerprint density at radius 3 is 2.22 bits per heavy atom. The second-order valence-corrected chi connectivity index (χ2v) is 9.25. The van der Waals surface area contributed by atoms with E-state index in [4.69, 9.17) is 9.57 Å². The highest BCUT2D eigenvalue weighted by Crippen LogP contribution is 2.43. The van der Waals surface area contributed by atoms with Crippen LogP contribution in [0.2, 0.25) is 0 Å². The van der Waals surface area contributed by atoms with Crippen LogP contribution in [-0.4, -0.2) is 49.9 Å².